The van der Waals surface area contributed by atoms with Crippen LogP contribution in [-0.2, 0) is 4.79 Å². The highest BCUT2D eigenvalue weighted by Crippen LogP contribution is 2.44. The molecule has 1 N–H and O–H groups in total. The number of ether oxygens (including phenoxy) is 2. The van der Waals surface area contributed by atoms with Crippen LogP contribution < -0.4 is 14.8 Å². The van der Waals surface area contributed by atoms with E-state index in [1.165, 1.54) is 25.9 Å². The Hall–Kier alpha value is -3.31. The Morgan fingerprint density at radius 1 is 0.886 bits per heavy atom. The van der Waals surface area contributed by atoms with E-state index in [2.05, 4.69) is 5.32 Å². The number of carbonyl (C=O) groups excluding carboxylic acids is 1. The Balaban J connectivity index is 1.14. The van der Waals surface area contributed by atoms with Crippen LogP contribution in [0.2, 0.25) is 0 Å². The van der Waals surface area contributed by atoms with Gasteiger partial charge in [-0.3, -0.25) is 4.79 Å². The molecule has 3 aromatic rings. The van der Waals surface area contributed by atoms with E-state index in [1.54, 1.807) is 0 Å². The first-order valence-corrected chi connectivity index (χ1v) is 12.9. The summed E-state index contributed by atoms with van der Waals surface area (Å²) in [6.07, 6.45) is 3.40. The lowest BCUT2D eigenvalue weighted by atomic mass is 9.80. The summed E-state index contributed by atoms with van der Waals surface area (Å²) < 4.78 is 13.1. The molecule has 0 aromatic heterocycles. The van der Waals surface area contributed by atoms with Gasteiger partial charge in [-0.2, -0.15) is 0 Å². The first kappa shape index (κ1) is 22.2. The largest absolute Gasteiger partial charge is 0.493 e. The van der Waals surface area contributed by atoms with Gasteiger partial charge in [-0.1, -0.05) is 54.6 Å². The van der Waals surface area contributed by atoms with Gasteiger partial charge in [0.1, 0.15) is 17.2 Å². The van der Waals surface area contributed by atoms with Crippen LogP contribution in [0, 0.1) is 5.92 Å². The van der Waals surface area contributed by atoms with Crippen LogP contribution in [0.4, 0.5) is 0 Å². The zero-order valence-electron chi connectivity index (χ0n) is 20.1. The van der Waals surface area contributed by atoms with E-state index in [1.807, 2.05) is 78.9 Å². The third-order valence-electron chi connectivity index (χ3n) is 8.16. The van der Waals surface area contributed by atoms with Gasteiger partial charge in [-0.05, 0) is 30.2 Å². The molecule has 0 aliphatic carbocycles. The lowest BCUT2D eigenvalue weighted by Crippen LogP contribution is -2.67. The van der Waals surface area contributed by atoms with Crippen molar-refractivity contribution in [2.75, 3.05) is 32.8 Å². The molecule has 35 heavy (non-hydrogen) atoms. The molecule has 0 unspecified atom stereocenters. The van der Waals surface area contributed by atoms with Crippen molar-refractivity contribution in [1.29, 1.82) is 0 Å². The molecule has 3 saturated heterocycles. The Morgan fingerprint density at radius 3 is 2.20 bits per heavy atom. The van der Waals surface area contributed by atoms with Crippen LogP contribution >= 0.6 is 0 Å². The Bertz CT molecular complexity index is 1140. The number of nitrogens with zero attached hydrogens (tertiary/aromatic N) is 1. The number of quaternary nitrogens is 1. The summed E-state index contributed by atoms with van der Waals surface area (Å²) in [5.74, 6) is 2.83. The minimum atomic E-state index is -0.334. The molecule has 4 aliphatic heterocycles. The number of hydrogen-bond acceptors (Lipinski definition) is 3. The van der Waals surface area contributed by atoms with Gasteiger partial charge in [0.2, 0.25) is 5.91 Å². The topological polar surface area (TPSA) is 47.6 Å². The van der Waals surface area contributed by atoms with E-state index in [9.17, 15) is 4.79 Å². The minimum Gasteiger partial charge on any atom is -0.493 e. The average molecular weight is 470 g/mol. The molecule has 1 atom stereocenters. The van der Waals surface area contributed by atoms with Gasteiger partial charge in [0.15, 0.2) is 0 Å². The van der Waals surface area contributed by atoms with Crippen molar-refractivity contribution in [2.45, 2.75) is 31.2 Å². The van der Waals surface area contributed by atoms with Gasteiger partial charge in [-0.15, -0.1) is 0 Å². The van der Waals surface area contributed by atoms with E-state index < -0.39 is 0 Å². The van der Waals surface area contributed by atoms with Gasteiger partial charge in [0, 0.05) is 30.4 Å². The van der Waals surface area contributed by atoms with Gasteiger partial charge >= 0.3 is 0 Å². The number of carbonyl (C=O) groups is 1. The fourth-order valence-electron chi connectivity index (χ4n) is 6.33. The van der Waals surface area contributed by atoms with Crippen molar-refractivity contribution in [3.05, 3.63) is 90.0 Å². The van der Waals surface area contributed by atoms with Crippen LogP contribution in [0.15, 0.2) is 78.9 Å². The predicted octanol–water partition coefficient (Wildman–Crippen LogP) is 5.12. The summed E-state index contributed by atoms with van der Waals surface area (Å²) in [5, 5.41) is 3.50. The van der Waals surface area contributed by atoms with Crippen LogP contribution in [-0.4, -0.2) is 49.2 Å². The van der Waals surface area contributed by atoms with Crippen LogP contribution in [0.3, 0.4) is 0 Å². The van der Waals surface area contributed by atoms with Crippen molar-refractivity contribution < 1.29 is 18.8 Å². The molecule has 1 amide bonds. The molecule has 3 fully saturated rings. The molecule has 7 rings (SSSR count). The van der Waals surface area contributed by atoms with E-state index in [-0.39, 0.29) is 17.9 Å². The first-order chi connectivity index (χ1) is 17.2. The SMILES string of the molecule is O=C(N[C@H]1C[N+]2(CCCOc3ccccc3)CCC1CC2)C1c2ccccc2Oc2ccccc21. The second-order valence-corrected chi connectivity index (χ2v) is 10.3. The van der Waals surface area contributed by atoms with Gasteiger partial charge in [0.05, 0.1) is 44.7 Å². The van der Waals surface area contributed by atoms with Crippen LogP contribution in [0.25, 0.3) is 0 Å². The quantitative estimate of drug-likeness (QED) is 0.386. The first-order valence-electron chi connectivity index (χ1n) is 12.9. The maximum atomic E-state index is 13.8. The molecule has 5 heteroatoms. The van der Waals surface area contributed by atoms with Crippen LogP contribution in [0.1, 0.15) is 36.3 Å². The lowest BCUT2D eigenvalue weighted by Gasteiger charge is -2.53. The van der Waals surface area contributed by atoms with E-state index in [0.29, 0.717) is 5.92 Å². The van der Waals surface area contributed by atoms with E-state index in [0.717, 1.165) is 59.0 Å². The second-order valence-electron chi connectivity index (χ2n) is 10.3. The second kappa shape index (κ2) is 9.38. The molecule has 5 nitrogen and oxygen atoms in total. The smallest absolute Gasteiger partial charge is 0.232 e. The zero-order chi connectivity index (χ0) is 23.7. The van der Waals surface area contributed by atoms with Crippen molar-refractivity contribution in [1.82, 2.24) is 5.32 Å². The summed E-state index contributed by atoms with van der Waals surface area (Å²) in [6, 6.07) is 26.1. The highest BCUT2D eigenvalue weighted by Gasteiger charge is 2.47. The summed E-state index contributed by atoms with van der Waals surface area (Å²) in [7, 11) is 0. The van der Waals surface area contributed by atoms with Gasteiger partial charge in [0.25, 0.3) is 0 Å². The molecule has 0 radical (unpaired) electrons. The third-order valence-corrected chi connectivity index (χ3v) is 8.16. The van der Waals surface area contributed by atoms with Gasteiger partial charge in [-0.25, -0.2) is 0 Å². The number of para-hydroxylation sites is 3. The fourth-order valence-corrected chi connectivity index (χ4v) is 6.33. The summed E-state index contributed by atoms with van der Waals surface area (Å²) in [5.41, 5.74) is 1.90. The summed E-state index contributed by atoms with van der Waals surface area (Å²) in [4.78, 5) is 13.8. The third kappa shape index (κ3) is 4.41. The lowest BCUT2D eigenvalue weighted by molar-refractivity contribution is -0.944. The molecule has 0 saturated carbocycles. The number of hydrogen-bond donors (Lipinski definition) is 1. The Morgan fingerprint density at radius 2 is 1.51 bits per heavy atom. The number of rotatable bonds is 7. The average Bonchev–Trinajstić information content (AvgIpc) is 2.91. The molecular weight excluding hydrogens is 436 g/mol. The number of amides is 1. The molecule has 180 valence electrons. The number of nitrogens with one attached hydrogen (secondary N) is 1. The van der Waals surface area contributed by atoms with Gasteiger partial charge < -0.3 is 19.3 Å². The highest BCUT2D eigenvalue weighted by atomic mass is 16.5. The summed E-state index contributed by atoms with van der Waals surface area (Å²) >= 11 is 0. The van der Waals surface area contributed by atoms with Crippen LogP contribution in [0.5, 0.6) is 17.2 Å². The predicted molar refractivity (Wildman–Crippen MR) is 136 cm³/mol. The molecule has 4 aliphatic rings. The molecule has 4 heterocycles. The van der Waals surface area contributed by atoms with Crippen molar-refractivity contribution >= 4 is 5.91 Å². The molecule has 2 bridgehead atoms. The molecular formula is C30H33N2O3+. The zero-order valence-corrected chi connectivity index (χ0v) is 20.1. The molecule has 0 spiro atoms. The van der Waals surface area contributed by atoms with E-state index in [4.69, 9.17) is 9.47 Å². The minimum absolute atomic E-state index is 0.0949. The summed E-state index contributed by atoms with van der Waals surface area (Å²) in [6.45, 7) is 5.29. The Labute approximate surface area is 207 Å². The van der Waals surface area contributed by atoms with Crippen molar-refractivity contribution in [3.8, 4) is 17.2 Å². The van der Waals surface area contributed by atoms with E-state index >= 15 is 0 Å². The maximum Gasteiger partial charge on any atom is 0.232 e. The number of benzene rings is 3. The normalized spacial score (nSPS) is 24.7. The van der Waals surface area contributed by atoms with Crippen molar-refractivity contribution in [2.24, 2.45) is 5.92 Å². The maximum absolute atomic E-state index is 13.8. The Kier molecular flexibility index (Phi) is 5.95. The van der Waals surface area contributed by atoms with Crippen molar-refractivity contribution in [3.63, 3.8) is 0 Å². The number of piperidine rings is 3. The number of fused-ring (bicyclic) bond motifs is 5. The molecule has 3 aromatic carbocycles. The standard InChI is InChI=1S/C30H32N2O3/c33-30(29-24-11-4-6-13-27(24)35-28-14-7-5-12-25(28)29)31-26-21-32(18-15-22(26)16-19-32)17-8-20-34-23-9-2-1-3-10-23/h1-7,9-14,22,26,29H,8,15-21H2/p+1/t22?,26-,32?/m0/s1. The highest BCUT2D eigenvalue weighted by molar-refractivity contribution is 5.89. The monoisotopic (exact) mass is 469 g/mol. The fraction of sp³-hybridized carbons (Fsp3) is 0.367.